The molecule has 17 heavy (non-hydrogen) atoms. The second kappa shape index (κ2) is 5.72. The molecule has 0 aromatic heterocycles. The minimum atomic E-state index is 0. The van der Waals surface area contributed by atoms with Gasteiger partial charge in [-0.1, -0.05) is 6.42 Å². The maximum absolute atomic E-state index is 10.2. The van der Waals surface area contributed by atoms with Crippen molar-refractivity contribution in [2.75, 3.05) is 6.54 Å². The van der Waals surface area contributed by atoms with E-state index in [4.69, 9.17) is 0 Å². The van der Waals surface area contributed by atoms with Gasteiger partial charge in [0.05, 0.1) is 12.0 Å². The Morgan fingerprint density at radius 2 is 1.82 bits per heavy atom. The van der Waals surface area contributed by atoms with Gasteiger partial charge < -0.3 is 29.1 Å². The zero-order valence-electron chi connectivity index (χ0n) is 10.4. The van der Waals surface area contributed by atoms with Crippen LogP contribution >= 0.6 is 0 Å². The van der Waals surface area contributed by atoms with Gasteiger partial charge >= 0.3 is 0 Å². The summed E-state index contributed by atoms with van der Waals surface area (Å²) in [5, 5.41) is 10.2. The van der Waals surface area contributed by atoms with Crippen molar-refractivity contribution in [2.24, 2.45) is 0 Å². The van der Waals surface area contributed by atoms with Crippen molar-refractivity contribution in [1.29, 1.82) is 0 Å². The smallest absolute Gasteiger partial charge is 0.182 e. The molecule has 1 N–H and O–H groups in total. The lowest BCUT2D eigenvalue weighted by Gasteiger charge is -2.28. The number of aliphatic hydroxyl groups excluding tert-OH is 1. The Balaban J connectivity index is 0.00000108. The van der Waals surface area contributed by atoms with Gasteiger partial charge in [0.2, 0.25) is 0 Å². The molecular formula is C14H22INO. The van der Waals surface area contributed by atoms with E-state index >= 15 is 0 Å². The van der Waals surface area contributed by atoms with Crippen LogP contribution in [0.15, 0.2) is 11.3 Å². The normalized spacial score (nSPS) is 29.1. The third kappa shape index (κ3) is 2.54. The molecule has 1 saturated carbocycles. The largest absolute Gasteiger partial charge is 1.00 e. The van der Waals surface area contributed by atoms with Gasteiger partial charge in [-0.3, -0.25) is 0 Å². The van der Waals surface area contributed by atoms with Crippen molar-refractivity contribution < 1.29 is 33.7 Å². The lowest BCUT2D eigenvalue weighted by Crippen LogP contribution is -3.00. The van der Waals surface area contributed by atoms with Crippen LogP contribution in [0.4, 0.5) is 0 Å². The van der Waals surface area contributed by atoms with E-state index in [1.54, 1.807) is 0 Å². The average molecular weight is 347 g/mol. The van der Waals surface area contributed by atoms with E-state index < -0.39 is 0 Å². The maximum Gasteiger partial charge on any atom is 0.182 e. The zero-order chi connectivity index (χ0) is 11.0. The summed E-state index contributed by atoms with van der Waals surface area (Å²) in [5.74, 6) is 0.722. The summed E-state index contributed by atoms with van der Waals surface area (Å²) >= 11 is 0. The van der Waals surface area contributed by atoms with Gasteiger partial charge in [0.1, 0.15) is 12.3 Å². The molecule has 0 radical (unpaired) electrons. The van der Waals surface area contributed by atoms with E-state index in [1.165, 1.54) is 62.8 Å². The Labute approximate surface area is 121 Å². The highest BCUT2D eigenvalue weighted by Gasteiger charge is 2.37. The topological polar surface area (TPSA) is 23.2 Å². The molecule has 1 unspecified atom stereocenters. The molecule has 2 heterocycles. The summed E-state index contributed by atoms with van der Waals surface area (Å²) in [4.78, 5) is 0. The minimum Gasteiger partial charge on any atom is -1.00 e. The van der Waals surface area contributed by atoms with E-state index in [9.17, 15) is 5.11 Å². The summed E-state index contributed by atoms with van der Waals surface area (Å²) in [6.07, 6.45) is 11.1. The number of allylic oxidation sites excluding steroid dienone is 1. The Morgan fingerprint density at radius 3 is 2.71 bits per heavy atom. The molecule has 0 aromatic rings. The molecular weight excluding hydrogens is 325 g/mol. The van der Waals surface area contributed by atoms with Crippen LogP contribution in [0.25, 0.3) is 0 Å². The number of fused-ring (bicyclic) bond motifs is 2. The van der Waals surface area contributed by atoms with Crippen molar-refractivity contribution in [2.45, 2.75) is 63.8 Å². The molecule has 2 aliphatic heterocycles. The molecule has 2 fully saturated rings. The van der Waals surface area contributed by atoms with Crippen LogP contribution in [-0.4, -0.2) is 28.0 Å². The average Bonchev–Trinajstić information content (AvgIpc) is 2.55. The molecule has 2 nitrogen and oxygen atoms in total. The van der Waals surface area contributed by atoms with Gasteiger partial charge in [0, 0.05) is 19.3 Å². The number of nitrogens with zero attached hydrogens (tertiary/aromatic N) is 1. The molecule has 0 bridgehead atoms. The molecule has 1 saturated heterocycles. The monoisotopic (exact) mass is 347 g/mol. The van der Waals surface area contributed by atoms with Crippen LogP contribution < -0.4 is 24.0 Å². The molecule has 0 spiro atoms. The molecule has 3 aliphatic rings. The van der Waals surface area contributed by atoms with Crippen LogP contribution in [-0.2, 0) is 0 Å². The lowest BCUT2D eigenvalue weighted by molar-refractivity contribution is -0.578. The Bertz CT molecular complexity index is 359. The fourth-order valence-electron chi connectivity index (χ4n) is 3.61. The molecule has 3 rings (SSSR count). The first-order chi connectivity index (χ1) is 7.86. The van der Waals surface area contributed by atoms with Gasteiger partial charge in [-0.25, -0.2) is 4.58 Å². The van der Waals surface area contributed by atoms with Gasteiger partial charge in [0.25, 0.3) is 0 Å². The van der Waals surface area contributed by atoms with Crippen LogP contribution in [0.1, 0.15) is 57.8 Å². The fraction of sp³-hybridized carbons (Fsp3) is 0.786. The summed E-state index contributed by atoms with van der Waals surface area (Å²) in [6.45, 7) is 1.23. The molecule has 96 valence electrons. The summed E-state index contributed by atoms with van der Waals surface area (Å²) < 4.78 is 2.63. The Morgan fingerprint density at radius 1 is 1.00 bits per heavy atom. The van der Waals surface area contributed by atoms with Crippen molar-refractivity contribution >= 4 is 5.71 Å². The van der Waals surface area contributed by atoms with Gasteiger partial charge in [-0.2, -0.15) is 0 Å². The van der Waals surface area contributed by atoms with Crippen molar-refractivity contribution in [1.82, 2.24) is 0 Å². The van der Waals surface area contributed by atoms with Crippen LogP contribution in [0.2, 0.25) is 0 Å². The van der Waals surface area contributed by atoms with Crippen molar-refractivity contribution in [3.8, 4) is 0 Å². The second-order valence-electron chi connectivity index (χ2n) is 5.48. The quantitative estimate of drug-likeness (QED) is 0.490. The van der Waals surface area contributed by atoms with E-state index in [0.29, 0.717) is 6.04 Å². The highest BCUT2D eigenvalue weighted by molar-refractivity contribution is 5.97. The van der Waals surface area contributed by atoms with E-state index in [-0.39, 0.29) is 24.0 Å². The summed E-state index contributed by atoms with van der Waals surface area (Å²) in [6, 6.07) is 0.616. The third-order valence-electron chi connectivity index (χ3n) is 4.44. The Hall–Kier alpha value is -0.0600. The van der Waals surface area contributed by atoms with Gasteiger partial charge in [-0.05, 0) is 25.7 Å². The van der Waals surface area contributed by atoms with Gasteiger partial charge in [-0.15, -0.1) is 0 Å². The minimum absolute atomic E-state index is 0. The number of aliphatic hydroxyl groups is 1. The predicted molar refractivity (Wildman–Crippen MR) is 65.1 cm³/mol. The zero-order valence-corrected chi connectivity index (χ0v) is 12.6. The van der Waals surface area contributed by atoms with Crippen LogP contribution in [0.5, 0.6) is 0 Å². The third-order valence-corrected chi connectivity index (χ3v) is 4.44. The Kier molecular flexibility index (Phi) is 4.50. The molecule has 0 amide bonds. The van der Waals surface area contributed by atoms with E-state index in [1.807, 2.05) is 0 Å². The number of hydrogen-bond acceptors (Lipinski definition) is 1. The second-order valence-corrected chi connectivity index (χ2v) is 5.48. The lowest BCUT2D eigenvalue weighted by atomic mass is 9.90. The number of halogens is 1. The standard InChI is InChI=1S/C14H21NO.HI/c16-14-10-11-6-4-5-9-15(11)13-8-3-1-2-7-12(13)14;/h11H,1-10H2;1H. The predicted octanol–water partition coefficient (Wildman–Crippen LogP) is 0.176. The maximum atomic E-state index is 10.2. The van der Waals surface area contributed by atoms with E-state index in [0.717, 1.165) is 18.6 Å². The highest BCUT2D eigenvalue weighted by atomic mass is 127. The summed E-state index contributed by atoms with van der Waals surface area (Å²) in [7, 11) is 0. The first-order valence-corrected chi connectivity index (χ1v) is 6.90. The molecule has 0 aromatic carbocycles. The van der Waals surface area contributed by atoms with Gasteiger partial charge in [0.15, 0.2) is 11.8 Å². The number of rotatable bonds is 0. The molecule has 3 heteroatoms. The van der Waals surface area contributed by atoms with Crippen LogP contribution in [0.3, 0.4) is 0 Å². The fourth-order valence-corrected chi connectivity index (χ4v) is 3.61. The van der Waals surface area contributed by atoms with E-state index in [2.05, 4.69) is 4.58 Å². The first kappa shape index (κ1) is 13.4. The highest BCUT2D eigenvalue weighted by Crippen LogP contribution is 2.31. The molecule has 1 aliphatic carbocycles. The van der Waals surface area contributed by atoms with Crippen molar-refractivity contribution in [3.05, 3.63) is 11.3 Å². The molecule has 1 atom stereocenters. The van der Waals surface area contributed by atoms with Crippen molar-refractivity contribution in [3.63, 3.8) is 0 Å². The number of hydrogen-bond donors (Lipinski definition) is 1. The van der Waals surface area contributed by atoms with Crippen LogP contribution in [0, 0.1) is 0 Å². The first-order valence-electron chi connectivity index (χ1n) is 6.90. The SMILES string of the molecule is OC1=C2CCCCCC2=[N+]2CCCCC2C1.[I-]. The number of piperidine rings is 1. The summed E-state index contributed by atoms with van der Waals surface area (Å²) in [5.41, 5.74) is 2.82.